The fourth-order valence-electron chi connectivity index (χ4n) is 4.24. The van der Waals surface area contributed by atoms with Crippen LogP contribution in [0.2, 0.25) is 5.02 Å². The van der Waals surface area contributed by atoms with E-state index in [1.807, 2.05) is 0 Å². The Morgan fingerprint density at radius 3 is 2.31 bits per heavy atom. The minimum absolute atomic E-state index is 0.221. The Balaban J connectivity index is 2.03. The van der Waals surface area contributed by atoms with Crippen molar-refractivity contribution >= 4 is 29.4 Å². The van der Waals surface area contributed by atoms with Crippen LogP contribution in [0.15, 0.2) is 24.3 Å². The first-order valence-corrected chi connectivity index (χ1v) is 11.3. The van der Waals surface area contributed by atoms with Crippen molar-refractivity contribution in [2.45, 2.75) is 57.4 Å². The van der Waals surface area contributed by atoms with E-state index in [-0.39, 0.29) is 25.4 Å². The Kier molecular flexibility index (Phi) is 10.3. The average molecular weight is 470 g/mol. The molecule has 0 unspecified atom stereocenters. The number of amides is 1. The van der Waals surface area contributed by atoms with E-state index in [9.17, 15) is 24.6 Å². The molecule has 1 aromatic carbocycles. The van der Waals surface area contributed by atoms with Crippen molar-refractivity contribution in [3.63, 3.8) is 0 Å². The maximum absolute atomic E-state index is 13.3. The van der Waals surface area contributed by atoms with E-state index in [2.05, 4.69) is 5.32 Å². The fourth-order valence-corrected chi connectivity index (χ4v) is 4.37. The van der Waals surface area contributed by atoms with Gasteiger partial charge in [0.15, 0.2) is 0 Å². The number of carbonyl (C=O) groups excluding carboxylic acids is 1. The molecule has 9 heteroatoms. The SMILES string of the molecule is COCC[C@H](CC1(C(=O)N[C@@H](CCOc2ccc(Cl)cc2)CC(=O)O)CCCC1)C(=O)O. The van der Waals surface area contributed by atoms with Crippen molar-refractivity contribution in [1.82, 2.24) is 5.32 Å². The van der Waals surface area contributed by atoms with Crippen LogP contribution in [0.3, 0.4) is 0 Å². The number of aliphatic carboxylic acids is 2. The Morgan fingerprint density at radius 1 is 1.09 bits per heavy atom. The summed E-state index contributed by atoms with van der Waals surface area (Å²) in [5, 5.41) is 22.4. The topological polar surface area (TPSA) is 122 Å². The molecule has 32 heavy (non-hydrogen) atoms. The van der Waals surface area contributed by atoms with Gasteiger partial charge in [-0.15, -0.1) is 0 Å². The molecule has 1 amide bonds. The maximum Gasteiger partial charge on any atom is 0.306 e. The van der Waals surface area contributed by atoms with Crippen LogP contribution >= 0.6 is 11.6 Å². The van der Waals surface area contributed by atoms with Crippen LogP contribution in [0.25, 0.3) is 0 Å². The summed E-state index contributed by atoms with van der Waals surface area (Å²) < 4.78 is 10.7. The molecule has 1 aliphatic rings. The third kappa shape index (κ3) is 7.98. The number of halogens is 1. The zero-order chi connectivity index (χ0) is 23.6. The molecule has 0 bridgehead atoms. The summed E-state index contributed by atoms with van der Waals surface area (Å²) in [6.45, 7) is 0.525. The van der Waals surface area contributed by atoms with Crippen LogP contribution in [-0.2, 0) is 19.1 Å². The summed E-state index contributed by atoms with van der Waals surface area (Å²) in [5.41, 5.74) is -0.801. The molecule has 0 heterocycles. The second kappa shape index (κ2) is 12.6. The van der Waals surface area contributed by atoms with Crippen LogP contribution < -0.4 is 10.1 Å². The zero-order valence-electron chi connectivity index (χ0n) is 18.3. The highest BCUT2D eigenvalue weighted by molar-refractivity contribution is 6.30. The van der Waals surface area contributed by atoms with Crippen LogP contribution in [0, 0.1) is 11.3 Å². The van der Waals surface area contributed by atoms with Gasteiger partial charge in [-0.3, -0.25) is 14.4 Å². The minimum Gasteiger partial charge on any atom is -0.494 e. The van der Waals surface area contributed by atoms with Gasteiger partial charge in [-0.25, -0.2) is 0 Å². The summed E-state index contributed by atoms with van der Waals surface area (Å²) in [4.78, 5) is 36.4. The summed E-state index contributed by atoms with van der Waals surface area (Å²) in [5.74, 6) is -2.32. The summed E-state index contributed by atoms with van der Waals surface area (Å²) in [7, 11) is 1.51. The number of carboxylic acid groups (broad SMARTS) is 2. The highest BCUT2D eigenvalue weighted by atomic mass is 35.5. The molecule has 2 rings (SSSR count). The number of methoxy groups -OCH3 is 1. The molecule has 1 aliphatic carbocycles. The monoisotopic (exact) mass is 469 g/mol. The maximum atomic E-state index is 13.3. The number of carbonyl (C=O) groups is 3. The predicted molar refractivity (Wildman–Crippen MR) is 119 cm³/mol. The van der Waals surface area contributed by atoms with Gasteiger partial charge in [-0.2, -0.15) is 0 Å². The lowest BCUT2D eigenvalue weighted by Crippen LogP contribution is -2.47. The number of ether oxygens (including phenoxy) is 2. The van der Waals surface area contributed by atoms with Crippen molar-refractivity contribution in [2.24, 2.45) is 11.3 Å². The first kappa shape index (κ1) is 25.9. The first-order chi connectivity index (χ1) is 15.3. The average Bonchev–Trinajstić information content (AvgIpc) is 3.22. The van der Waals surface area contributed by atoms with Crippen LogP contribution in [0.4, 0.5) is 0 Å². The van der Waals surface area contributed by atoms with Gasteiger partial charge in [-0.1, -0.05) is 24.4 Å². The molecule has 0 radical (unpaired) electrons. The molecule has 0 aliphatic heterocycles. The number of carboxylic acids is 2. The number of benzene rings is 1. The summed E-state index contributed by atoms with van der Waals surface area (Å²) in [6.07, 6.45) is 3.49. The van der Waals surface area contributed by atoms with Crippen molar-refractivity contribution in [3.05, 3.63) is 29.3 Å². The standard InChI is InChI=1S/C23H32ClNO7/c1-31-12-8-16(21(28)29)15-23(10-2-3-11-23)22(30)25-18(14-20(26)27)9-13-32-19-6-4-17(24)5-7-19/h4-7,16,18H,2-3,8-15H2,1H3,(H,25,30)(H,26,27)(H,28,29)/t16-,18+/m1/s1. The summed E-state index contributed by atoms with van der Waals surface area (Å²) in [6, 6.07) is 6.20. The normalized spacial score (nSPS) is 16.8. The lowest BCUT2D eigenvalue weighted by atomic mass is 9.75. The molecule has 0 spiro atoms. The molecular formula is C23H32ClNO7. The largest absolute Gasteiger partial charge is 0.494 e. The predicted octanol–water partition coefficient (Wildman–Crippen LogP) is 3.76. The van der Waals surface area contributed by atoms with Crippen LogP contribution in [0.1, 0.15) is 51.4 Å². The van der Waals surface area contributed by atoms with Gasteiger partial charge < -0.3 is 25.0 Å². The minimum atomic E-state index is -1.02. The highest BCUT2D eigenvalue weighted by Crippen LogP contribution is 2.44. The zero-order valence-corrected chi connectivity index (χ0v) is 19.1. The number of hydrogen-bond acceptors (Lipinski definition) is 5. The summed E-state index contributed by atoms with van der Waals surface area (Å²) >= 11 is 5.86. The van der Waals surface area contributed by atoms with Crippen LogP contribution in [-0.4, -0.2) is 54.4 Å². The molecule has 178 valence electrons. The first-order valence-electron chi connectivity index (χ1n) is 10.9. The van der Waals surface area contributed by atoms with Gasteiger partial charge in [-0.05, 0) is 49.9 Å². The molecule has 1 fully saturated rings. The van der Waals surface area contributed by atoms with Gasteiger partial charge in [0.1, 0.15) is 5.75 Å². The lowest BCUT2D eigenvalue weighted by molar-refractivity contribution is -0.145. The Labute approximate surface area is 193 Å². The van der Waals surface area contributed by atoms with Crippen LogP contribution in [0.5, 0.6) is 5.75 Å². The number of hydrogen-bond donors (Lipinski definition) is 3. The van der Waals surface area contributed by atoms with E-state index in [1.165, 1.54) is 7.11 Å². The van der Waals surface area contributed by atoms with Crippen molar-refractivity contribution in [2.75, 3.05) is 20.3 Å². The van der Waals surface area contributed by atoms with Gasteiger partial charge in [0.2, 0.25) is 5.91 Å². The van der Waals surface area contributed by atoms with E-state index in [0.717, 1.165) is 12.8 Å². The van der Waals surface area contributed by atoms with Gasteiger partial charge >= 0.3 is 11.9 Å². The molecular weight excluding hydrogens is 438 g/mol. The Hall–Kier alpha value is -2.32. The second-order valence-corrected chi connectivity index (χ2v) is 8.80. The van der Waals surface area contributed by atoms with Gasteiger partial charge in [0, 0.05) is 31.2 Å². The highest BCUT2D eigenvalue weighted by Gasteiger charge is 2.44. The molecule has 0 aromatic heterocycles. The van der Waals surface area contributed by atoms with E-state index < -0.39 is 29.3 Å². The van der Waals surface area contributed by atoms with Gasteiger partial charge in [0.05, 0.1) is 24.4 Å². The molecule has 1 aromatic rings. The molecule has 2 atom stereocenters. The quantitative estimate of drug-likeness (QED) is 0.379. The third-order valence-corrected chi connectivity index (χ3v) is 6.26. The molecule has 0 saturated heterocycles. The number of nitrogens with one attached hydrogen (secondary N) is 1. The van der Waals surface area contributed by atoms with Crippen molar-refractivity contribution in [3.8, 4) is 5.75 Å². The molecule has 3 N–H and O–H groups in total. The Morgan fingerprint density at radius 2 is 1.75 bits per heavy atom. The lowest BCUT2D eigenvalue weighted by Gasteiger charge is -2.32. The van der Waals surface area contributed by atoms with E-state index in [4.69, 9.17) is 21.1 Å². The second-order valence-electron chi connectivity index (χ2n) is 8.37. The molecule has 1 saturated carbocycles. The van der Waals surface area contributed by atoms with E-state index in [0.29, 0.717) is 43.1 Å². The van der Waals surface area contributed by atoms with Crippen molar-refractivity contribution in [1.29, 1.82) is 0 Å². The third-order valence-electron chi connectivity index (χ3n) is 6.00. The number of rotatable bonds is 14. The van der Waals surface area contributed by atoms with Crippen molar-refractivity contribution < 1.29 is 34.1 Å². The van der Waals surface area contributed by atoms with E-state index >= 15 is 0 Å². The molecule has 8 nitrogen and oxygen atoms in total. The van der Waals surface area contributed by atoms with E-state index in [1.54, 1.807) is 24.3 Å². The fraction of sp³-hybridized carbons (Fsp3) is 0.609. The Bertz CT molecular complexity index is 762. The van der Waals surface area contributed by atoms with Gasteiger partial charge in [0.25, 0.3) is 0 Å². The smallest absolute Gasteiger partial charge is 0.306 e.